The highest BCUT2D eigenvalue weighted by molar-refractivity contribution is 5.27. The summed E-state index contributed by atoms with van der Waals surface area (Å²) < 4.78 is 0. The Kier molecular flexibility index (Phi) is 4.32. The molecule has 1 aliphatic carbocycles. The van der Waals surface area contributed by atoms with Crippen molar-refractivity contribution in [2.45, 2.75) is 45.4 Å². The molecule has 1 aromatic rings. The quantitative estimate of drug-likeness (QED) is 0.772. The van der Waals surface area contributed by atoms with Crippen LogP contribution in [0.25, 0.3) is 0 Å². The van der Waals surface area contributed by atoms with Crippen LogP contribution < -0.4 is 5.32 Å². The van der Waals surface area contributed by atoms with E-state index in [4.69, 9.17) is 0 Å². The van der Waals surface area contributed by atoms with Crippen molar-refractivity contribution in [1.82, 2.24) is 5.32 Å². The lowest BCUT2D eigenvalue weighted by molar-refractivity contribution is 0.208. The summed E-state index contributed by atoms with van der Waals surface area (Å²) in [6.07, 6.45) is 3.42. The third-order valence-corrected chi connectivity index (χ3v) is 4.20. The van der Waals surface area contributed by atoms with Crippen LogP contribution >= 0.6 is 0 Å². The van der Waals surface area contributed by atoms with Crippen molar-refractivity contribution in [3.8, 4) is 0 Å². The minimum Gasteiger partial charge on any atom is -0.396 e. The predicted molar refractivity (Wildman–Crippen MR) is 80.5 cm³/mol. The van der Waals surface area contributed by atoms with Crippen LogP contribution in [0.1, 0.15) is 44.7 Å². The van der Waals surface area contributed by atoms with Crippen molar-refractivity contribution in [1.29, 1.82) is 0 Å². The van der Waals surface area contributed by atoms with Gasteiger partial charge in [0.25, 0.3) is 0 Å². The molecule has 0 bridgehead atoms. The van der Waals surface area contributed by atoms with Gasteiger partial charge in [-0.1, -0.05) is 45.0 Å². The van der Waals surface area contributed by atoms with E-state index in [9.17, 15) is 5.11 Å². The maximum atomic E-state index is 9.24. The van der Waals surface area contributed by atoms with Crippen LogP contribution in [0.15, 0.2) is 24.3 Å². The molecule has 1 fully saturated rings. The molecule has 0 radical (unpaired) electrons. The minimum absolute atomic E-state index is 0.218. The van der Waals surface area contributed by atoms with Gasteiger partial charge in [0.05, 0.1) is 0 Å². The third-order valence-electron chi connectivity index (χ3n) is 4.20. The summed E-state index contributed by atoms with van der Waals surface area (Å²) in [5, 5.41) is 12.7. The Morgan fingerprint density at radius 2 is 1.79 bits per heavy atom. The van der Waals surface area contributed by atoms with Crippen LogP contribution in [-0.4, -0.2) is 24.8 Å². The largest absolute Gasteiger partial charge is 0.396 e. The monoisotopic (exact) mass is 261 g/mol. The summed E-state index contributed by atoms with van der Waals surface area (Å²) in [6.45, 7) is 9.02. The van der Waals surface area contributed by atoms with E-state index in [0.29, 0.717) is 6.61 Å². The van der Waals surface area contributed by atoms with Crippen molar-refractivity contribution in [3.63, 3.8) is 0 Å². The second-order valence-electron chi connectivity index (χ2n) is 7.03. The average Bonchev–Trinajstić information content (AvgIpc) is 3.15. The van der Waals surface area contributed by atoms with Gasteiger partial charge >= 0.3 is 0 Å². The number of aliphatic hydroxyl groups excluding tert-OH is 1. The first-order chi connectivity index (χ1) is 8.95. The second-order valence-corrected chi connectivity index (χ2v) is 7.03. The molecule has 1 aliphatic rings. The molecular weight excluding hydrogens is 234 g/mol. The summed E-state index contributed by atoms with van der Waals surface area (Å²) in [6, 6.07) is 8.96. The van der Waals surface area contributed by atoms with E-state index in [2.05, 4.69) is 50.4 Å². The standard InChI is InChI=1S/C17H27NO/c1-16(2,3)15-6-4-14(5-7-15)8-11-18-12-17(13-19)9-10-17/h4-7,18-19H,8-13H2,1-3H3. The SMILES string of the molecule is CC(C)(C)c1ccc(CCNCC2(CO)CC2)cc1. The van der Waals surface area contributed by atoms with Gasteiger partial charge in [-0.05, 0) is 42.3 Å². The second kappa shape index (κ2) is 5.64. The fraction of sp³-hybridized carbons (Fsp3) is 0.647. The average molecular weight is 261 g/mol. The molecule has 1 aromatic carbocycles. The maximum absolute atomic E-state index is 9.24. The molecule has 0 saturated heterocycles. The van der Waals surface area contributed by atoms with Gasteiger partial charge < -0.3 is 10.4 Å². The summed E-state index contributed by atoms with van der Waals surface area (Å²) in [7, 11) is 0. The first-order valence-electron chi connectivity index (χ1n) is 7.36. The molecule has 19 heavy (non-hydrogen) atoms. The van der Waals surface area contributed by atoms with E-state index in [1.54, 1.807) is 0 Å². The highest BCUT2D eigenvalue weighted by Crippen LogP contribution is 2.44. The highest BCUT2D eigenvalue weighted by Gasteiger charge is 2.41. The van der Waals surface area contributed by atoms with Crippen LogP contribution in [0.5, 0.6) is 0 Å². The molecule has 1 saturated carbocycles. The van der Waals surface area contributed by atoms with Crippen LogP contribution in [0.2, 0.25) is 0 Å². The Hall–Kier alpha value is -0.860. The smallest absolute Gasteiger partial charge is 0.0499 e. The third kappa shape index (κ3) is 4.05. The Morgan fingerprint density at radius 3 is 2.26 bits per heavy atom. The maximum Gasteiger partial charge on any atom is 0.0499 e. The van der Waals surface area contributed by atoms with E-state index in [0.717, 1.165) is 19.5 Å². The van der Waals surface area contributed by atoms with Gasteiger partial charge in [-0.25, -0.2) is 0 Å². The summed E-state index contributed by atoms with van der Waals surface area (Å²) in [5.41, 5.74) is 3.22. The van der Waals surface area contributed by atoms with E-state index >= 15 is 0 Å². The summed E-state index contributed by atoms with van der Waals surface area (Å²) in [4.78, 5) is 0. The van der Waals surface area contributed by atoms with E-state index in [1.807, 2.05) is 0 Å². The zero-order valence-corrected chi connectivity index (χ0v) is 12.5. The topological polar surface area (TPSA) is 32.3 Å². The van der Waals surface area contributed by atoms with Gasteiger partial charge in [0, 0.05) is 18.6 Å². The molecule has 2 rings (SSSR count). The molecule has 2 nitrogen and oxygen atoms in total. The first-order valence-corrected chi connectivity index (χ1v) is 7.36. The van der Waals surface area contributed by atoms with Gasteiger partial charge in [0.1, 0.15) is 0 Å². The fourth-order valence-corrected chi connectivity index (χ4v) is 2.33. The van der Waals surface area contributed by atoms with Crippen molar-refractivity contribution in [2.24, 2.45) is 5.41 Å². The number of hydrogen-bond acceptors (Lipinski definition) is 2. The highest BCUT2D eigenvalue weighted by atomic mass is 16.3. The number of hydrogen-bond donors (Lipinski definition) is 2. The van der Waals surface area contributed by atoms with E-state index in [1.165, 1.54) is 24.0 Å². The lowest BCUT2D eigenvalue weighted by Gasteiger charge is -2.19. The van der Waals surface area contributed by atoms with Crippen molar-refractivity contribution in [2.75, 3.05) is 19.7 Å². The van der Waals surface area contributed by atoms with Gasteiger partial charge in [-0.2, -0.15) is 0 Å². The zero-order chi connectivity index (χ0) is 13.9. The number of aliphatic hydroxyl groups is 1. The Morgan fingerprint density at radius 1 is 1.16 bits per heavy atom. The van der Waals surface area contributed by atoms with Crippen LogP contribution in [0, 0.1) is 5.41 Å². The molecule has 2 heteroatoms. The van der Waals surface area contributed by atoms with Gasteiger partial charge in [0.2, 0.25) is 0 Å². The van der Waals surface area contributed by atoms with Crippen molar-refractivity contribution in [3.05, 3.63) is 35.4 Å². The molecule has 2 N–H and O–H groups in total. The lowest BCUT2D eigenvalue weighted by atomic mass is 9.86. The van der Waals surface area contributed by atoms with Gasteiger partial charge in [-0.3, -0.25) is 0 Å². The van der Waals surface area contributed by atoms with Crippen molar-refractivity contribution >= 4 is 0 Å². The molecule has 0 atom stereocenters. The molecule has 0 aromatic heterocycles. The van der Waals surface area contributed by atoms with Crippen LogP contribution in [-0.2, 0) is 11.8 Å². The van der Waals surface area contributed by atoms with E-state index in [-0.39, 0.29) is 10.8 Å². The summed E-state index contributed by atoms with van der Waals surface area (Å²) in [5.74, 6) is 0. The summed E-state index contributed by atoms with van der Waals surface area (Å²) >= 11 is 0. The molecule has 0 spiro atoms. The normalized spacial score (nSPS) is 17.5. The molecule has 106 valence electrons. The van der Waals surface area contributed by atoms with Crippen LogP contribution in [0.4, 0.5) is 0 Å². The number of rotatable bonds is 6. The fourth-order valence-electron chi connectivity index (χ4n) is 2.33. The molecular formula is C17H27NO. The zero-order valence-electron chi connectivity index (χ0n) is 12.5. The van der Waals surface area contributed by atoms with Gasteiger partial charge in [0.15, 0.2) is 0 Å². The molecule has 0 aliphatic heterocycles. The molecule has 0 heterocycles. The van der Waals surface area contributed by atoms with Gasteiger partial charge in [-0.15, -0.1) is 0 Å². The van der Waals surface area contributed by atoms with Crippen LogP contribution in [0.3, 0.4) is 0 Å². The molecule has 0 amide bonds. The van der Waals surface area contributed by atoms with Crippen molar-refractivity contribution < 1.29 is 5.11 Å². The number of nitrogens with one attached hydrogen (secondary N) is 1. The Balaban J connectivity index is 1.74. The Bertz CT molecular complexity index is 398. The number of benzene rings is 1. The predicted octanol–water partition coefficient (Wildman–Crippen LogP) is 2.89. The Labute approximate surface area is 117 Å². The minimum atomic E-state index is 0.218. The lowest BCUT2D eigenvalue weighted by Crippen LogP contribution is -2.28. The molecule has 0 unspecified atom stereocenters. The first kappa shape index (κ1) is 14.5. The van der Waals surface area contributed by atoms with E-state index < -0.39 is 0 Å².